The van der Waals surface area contributed by atoms with Crippen LogP contribution in [-0.4, -0.2) is 30.3 Å². The Bertz CT molecular complexity index is 447. The molecule has 1 aromatic rings. The van der Waals surface area contributed by atoms with Crippen LogP contribution in [0.2, 0.25) is 0 Å². The summed E-state index contributed by atoms with van der Waals surface area (Å²) in [4.78, 5) is 23.7. The fourth-order valence-corrected chi connectivity index (χ4v) is 2.00. The molecule has 0 spiro atoms. The van der Waals surface area contributed by atoms with E-state index in [1.54, 1.807) is 31.4 Å². The SMILES string of the molecule is CCOC(=O)/C(O)=C(/C(=O)OCC)c1cccs1. The molecule has 6 heteroatoms. The van der Waals surface area contributed by atoms with Crippen molar-refractivity contribution >= 4 is 28.8 Å². The fraction of sp³-hybridized carbons (Fsp3) is 0.333. The molecule has 18 heavy (non-hydrogen) atoms. The minimum Gasteiger partial charge on any atom is -0.501 e. The Morgan fingerprint density at radius 1 is 1.22 bits per heavy atom. The topological polar surface area (TPSA) is 72.8 Å². The number of aliphatic hydroxyl groups excluding tert-OH is 1. The highest BCUT2D eigenvalue weighted by Crippen LogP contribution is 2.24. The van der Waals surface area contributed by atoms with E-state index in [1.165, 1.54) is 11.3 Å². The van der Waals surface area contributed by atoms with Gasteiger partial charge in [0.15, 0.2) is 0 Å². The summed E-state index contributed by atoms with van der Waals surface area (Å²) < 4.78 is 9.48. The fourth-order valence-electron chi connectivity index (χ4n) is 1.24. The molecule has 0 amide bonds. The number of carbonyl (C=O) groups is 2. The van der Waals surface area contributed by atoms with Gasteiger partial charge in [-0.1, -0.05) is 6.07 Å². The van der Waals surface area contributed by atoms with Crippen LogP contribution in [0.15, 0.2) is 23.3 Å². The van der Waals surface area contributed by atoms with Crippen LogP contribution in [-0.2, 0) is 19.1 Å². The summed E-state index contributed by atoms with van der Waals surface area (Å²) in [6.07, 6.45) is 0. The maximum Gasteiger partial charge on any atom is 0.374 e. The lowest BCUT2D eigenvalue weighted by atomic mass is 10.2. The molecule has 1 aromatic heterocycles. The molecule has 0 atom stereocenters. The lowest BCUT2D eigenvalue weighted by Gasteiger charge is -2.07. The van der Waals surface area contributed by atoms with Gasteiger partial charge in [0.2, 0.25) is 5.76 Å². The van der Waals surface area contributed by atoms with Gasteiger partial charge in [-0.05, 0) is 25.3 Å². The van der Waals surface area contributed by atoms with Crippen LogP contribution >= 0.6 is 11.3 Å². The van der Waals surface area contributed by atoms with E-state index in [4.69, 9.17) is 4.74 Å². The zero-order valence-corrected chi connectivity index (χ0v) is 11.0. The molecule has 0 unspecified atom stereocenters. The van der Waals surface area contributed by atoms with E-state index in [0.29, 0.717) is 4.88 Å². The Hall–Kier alpha value is -1.82. The number of esters is 2. The molecule has 0 radical (unpaired) electrons. The molecule has 0 aliphatic carbocycles. The quantitative estimate of drug-likeness (QED) is 0.504. The van der Waals surface area contributed by atoms with Gasteiger partial charge in [-0.3, -0.25) is 0 Å². The molecule has 0 aliphatic heterocycles. The van der Waals surface area contributed by atoms with Crippen LogP contribution in [0.25, 0.3) is 5.57 Å². The Morgan fingerprint density at radius 2 is 1.83 bits per heavy atom. The van der Waals surface area contributed by atoms with Crippen molar-refractivity contribution in [1.82, 2.24) is 0 Å². The van der Waals surface area contributed by atoms with E-state index in [1.807, 2.05) is 0 Å². The molecule has 0 bridgehead atoms. The molecule has 0 fully saturated rings. The number of rotatable bonds is 5. The summed E-state index contributed by atoms with van der Waals surface area (Å²) >= 11 is 1.22. The first kappa shape index (κ1) is 14.2. The van der Waals surface area contributed by atoms with E-state index in [2.05, 4.69) is 4.74 Å². The van der Waals surface area contributed by atoms with Crippen molar-refractivity contribution in [3.63, 3.8) is 0 Å². The number of hydrogen-bond acceptors (Lipinski definition) is 6. The smallest absolute Gasteiger partial charge is 0.374 e. The lowest BCUT2D eigenvalue weighted by Crippen LogP contribution is -2.15. The Kier molecular flexibility index (Phi) is 5.38. The summed E-state index contributed by atoms with van der Waals surface area (Å²) in [5.74, 6) is -2.41. The van der Waals surface area contributed by atoms with Crippen molar-refractivity contribution < 1.29 is 24.2 Å². The van der Waals surface area contributed by atoms with Gasteiger partial charge in [0, 0.05) is 4.88 Å². The van der Waals surface area contributed by atoms with Crippen LogP contribution in [0, 0.1) is 0 Å². The molecule has 1 rings (SSSR count). The maximum absolute atomic E-state index is 11.8. The summed E-state index contributed by atoms with van der Waals surface area (Å²) in [5.41, 5.74) is -0.162. The first-order valence-corrected chi connectivity index (χ1v) is 6.31. The molecule has 1 heterocycles. The predicted octanol–water partition coefficient (Wildman–Crippen LogP) is 2.14. The second-order valence-corrected chi connectivity index (χ2v) is 4.09. The second kappa shape index (κ2) is 6.80. The van der Waals surface area contributed by atoms with Crippen LogP contribution in [0.5, 0.6) is 0 Å². The zero-order chi connectivity index (χ0) is 13.5. The lowest BCUT2D eigenvalue weighted by molar-refractivity contribution is -0.142. The number of aliphatic hydroxyl groups is 1. The molecule has 98 valence electrons. The molecule has 0 saturated heterocycles. The molecule has 0 aliphatic rings. The van der Waals surface area contributed by atoms with E-state index < -0.39 is 17.7 Å². The average Bonchev–Trinajstić information content (AvgIpc) is 2.83. The van der Waals surface area contributed by atoms with Gasteiger partial charge in [0.1, 0.15) is 5.57 Å². The molecule has 0 aromatic carbocycles. The molecule has 5 nitrogen and oxygen atoms in total. The minimum absolute atomic E-state index is 0.115. The largest absolute Gasteiger partial charge is 0.501 e. The minimum atomic E-state index is -0.936. The summed E-state index contributed by atoms with van der Waals surface area (Å²) in [6, 6.07) is 3.32. The van der Waals surface area contributed by atoms with Gasteiger partial charge in [-0.25, -0.2) is 9.59 Å². The van der Waals surface area contributed by atoms with E-state index in [-0.39, 0.29) is 18.8 Å². The number of carbonyl (C=O) groups excluding carboxylic acids is 2. The van der Waals surface area contributed by atoms with Gasteiger partial charge in [-0.15, -0.1) is 11.3 Å². The predicted molar refractivity (Wildman–Crippen MR) is 67.1 cm³/mol. The third kappa shape index (κ3) is 3.33. The Labute approximate surface area is 109 Å². The number of ether oxygens (including phenoxy) is 2. The average molecular weight is 270 g/mol. The molecular formula is C12H14O5S. The molecule has 0 saturated carbocycles. The highest BCUT2D eigenvalue weighted by atomic mass is 32.1. The number of hydrogen-bond donors (Lipinski definition) is 1. The van der Waals surface area contributed by atoms with Crippen LogP contribution in [0.1, 0.15) is 18.7 Å². The molecule has 1 N–H and O–H groups in total. The van der Waals surface area contributed by atoms with Crippen molar-refractivity contribution in [2.75, 3.05) is 13.2 Å². The first-order chi connectivity index (χ1) is 8.61. The van der Waals surface area contributed by atoms with Crippen molar-refractivity contribution in [3.8, 4) is 0 Å². The van der Waals surface area contributed by atoms with Gasteiger partial charge >= 0.3 is 11.9 Å². The van der Waals surface area contributed by atoms with Gasteiger partial charge in [0.25, 0.3) is 0 Å². The second-order valence-electron chi connectivity index (χ2n) is 3.14. The van der Waals surface area contributed by atoms with E-state index in [0.717, 1.165) is 0 Å². The van der Waals surface area contributed by atoms with Crippen molar-refractivity contribution in [2.24, 2.45) is 0 Å². The normalized spacial score (nSPS) is 11.7. The van der Waals surface area contributed by atoms with Crippen LogP contribution in [0.4, 0.5) is 0 Å². The highest BCUT2D eigenvalue weighted by Gasteiger charge is 2.25. The first-order valence-electron chi connectivity index (χ1n) is 5.43. The highest BCUT2D eigenvalue weighted by molar-refractivity contribution is 7.11. The van der Waals surface area contributed by atoms with Crippen molar-refractivity contribution in [2.45, 2.75) is 13.8 Å². The summed E-state index contributed by atoms with van der Waals surface area (Å²) in [5, 5.41) is 11.5. The third-order valence-electron chi connectivity index (χ3n) is 1.95. The van der Waals surface area contributed by atoms with Gasteiger partial charge in [0.05, 0.1) is 13.2 Å². The van der Waals surface area contributed by atoms with Gasteiger partial charge < -0.3 is 14.6 Å². The standard InChI is InChI=1S/C12H14O5S/c1-3-16-11(14)9(8-6-5-7-18-8)10(13)12(15)17-4-2/h5-7,13H,3-4H2,1-2H3/b10-9-. The Morgan fingerprint density at radius 3 is 2.33 bits per heavy atom. The molecular weight excluding hydrogens is 256 g/mol. The maximum atomic E-state index is 11.8. The summed E-state index contributed by atoms with van der Waals surface area (Å²) in [7, 11) is 0. The zero-order valence-electron chi connectivity index (χ0n) is 10.1. The Balaban J connectivity index is 3.15. The van der Waals surface area contributed by atoms with Crippen molar-refractivity contribution in [3.05, 3.63) is 28.1 Å². The summed E-state index contributed by atoms with van der Waals surface area (Å²) in [6.45, 7) is 3.53. The van der Waals surface area contributed by atoms with Crippen LogP contribution in [0.3, 0.4) is 0 Å². The van der Waals surface area contributed by atoms with Crippen molar-refractivity contribution in [1.29, 1.82) is 0 Å². The third-order valence-corrected chi connectivity index (χ3v) is 2.84. The monoisotopic (exact) mass is 270 g/mol. The van der Waals surface area contributed by atoms with E-state index in [9.17, 15) is 14.7 Å². The number of thiophene rings is 1. The van der Waals surface area contributed by atoms with Crippen LogP contribution < -0.4 is 0 Å². The van der Waals surface area contributed by atoms with Gasteiger partial charge in [-0.2, -0.15) is 0 Å². The van der Waals surface area contributed by atoms with E-state index >= 15 is 0 Å².